The summed E-state index contributed by atoms with van der Waals surface area (Å²) in [5.41, 5.74) is 15.0. The van der Waals surface area contributed by atoms with Gasteiger partial charge in [-0.2, -0.15) is 0 Å². The van der Waals surface area contributed by atoms with Crippen molar-refractivity contribution in [3.63, 3.8) is 0 Å². The minimum Gasteiger partial charge on any atom is -0.310 e. The van der Waals surface area contributed by atoms with Gasteiger partial charge in [0.05, 0.1) is 16.7 Å². The lowest BCUT2D eigenvalue weighted by atomic mass is 9.82. The number of hydrogen-bond acceptors (Lipinski definition) is 2. The van der Waals surface area contributed by atoms with Gasteiger partial charge in [-0.15, -0.1) is 11.3 Å². The Labute approximate surface area is 362 Å². The Morgan fingerprint density at radius 1 is 0.435 bits per heavy atom. The van der Waals surface area contributed by atoms with E-state index < -0.39 is 0 Å². The normalized spacial score (nSPS) is 13.0. The van der Waals surface area contributed by atoms with Crippen LogP contribution in [0.3, 0.4) is 0 Å². The van der Waals surface area contributed by atoms with Gasteiger partial charge in [0.15, 0.2) is 0 Å². The molecule has 0 saturated carbocycles. The Kier molecular flexibility index (Phi) is 8.15. The van der Waals surface area contributed by atoms with Crippen molar-refractivity contribution < 1.29 is 8.78 Å². The molecule has 12 rings (SSSR count). The molecule has 11 aromatic rings. The lowest BCUT2D eigenvalue weighted by molar-refractivity contribution is 0.629. The molecule has 5 heteroatoms. The van der Waals surface area contributed by atoms with Crippen LogP contribution in [-0.2, 0) is 5.41 Å². The van der Waals surface area contributed by atoms with Crippen LogP contribution in [0.25, 0.3) is 81.0 Å². The van der Waals surface area contributed by atoms with Crippen LogP contribution < -0.4 is 4.90 Å². The minimum absolute atomic E-state index is 0.102. The predicted octanol–water partition coefficient (Wildman–Crippen LogP) is 16.5. The second-order valence-corrected chi connectivity index (χ2v) is 17.9. The first-order valence-corrected chi connectivity index (χ1v) is 21.8. The quantitative estimate of drug-likeness (QED) is 0.162. The third-order valence-electron chi connectivity index (χ3n) is 12.9. The fourth-order valence-corrected chi connectivity index (χ4v) is 11.2. The van der Waals surface area contributed by atoms with E-state index in [9.17, 15) is 8.78 Å². The monoisotopic (exact) mass is 820 g/mol. The van der Waals surface area contributed by atoms with Crippen LogP contribution in [0.15, 0.2) is 194 Å². The molecule has 2 heterocycles. The second-order valence-electron chi connectivity index (χ2n) is 16.8. The molecule has 0 radical (unpaired) electrons. The summed E-state index contributed by atoms with van der Waals surface area (Å²) in [5.74, 6) is -0.665. The van der Waals surface area contributed by atoms with Gasteiger partial charge >= 0.3 is 0 Å². The average molecular weight is 821 g/mol. The number of hydrogen-bond donors (Lipinski definition) is 0. The fourth-order valence-electron chi connectivity index (χ4n) is 10.0. The maximum Gasteiger partial charge on any atom is 0.125 e. The van der Waals surface area contributed by atoms with E-state index in [0.29, 0.717) is 5.52 Å². The number of aromatic nitrogens is 1. The Morgan fingerprint density at radius 2 is 1.05 bits per heavy atom. The first kappa shape index (κ1) is 36.5. The lowest BCUT2D eigenvalue weighted by Crippen LogP contribution is -2.15. The van der Waals surface area contributed by atoms with Gasteiger partial charge in [0.1, 0.15) is 11.6 Å². The van der Waals surface area contributed by atoms with Crippen LogP contribution in [0.4, 0.5) is 25.8 Å². The van der Waals surface area contributed by atoms with Gasteiger partial charge in [0.2, 0.25) is 0 Å². The van der Waals surface area contributed by atoms with Crippen LogP contribution >= 0.6 is 11.3 Å². The molecule has 0 fully saturated rings. The third-order valence-corrected chi connectivity index (χ3v) is 14.1. The largest absolute Gasteiger partial charge is 0.310 e. The molecule has 1 aliphatic carbocycles. The Balaban J connectivity index is 0.994. The summed E-state index contributed by atoms with van der Waals surface area (Å²) in [6.45, 7) is 4.63. The van der Waals surface area contributed by atoms with Crippen molar-refractivity contribution in [2.45, 2.75) is 19.3 Å². The van der Waals surface area contributed by atoms with Crippen molar-refractivity contribution in [2.24, 2.45) is 0 Å². The molecule has 0 saturated heterocycles. The van der Waals surface area contributed by atoms with Gasteiger partial charge in [-0.25, -0.2) is 8.78 Å². The summed E-state index contributed by atoms with van der Waals surface area (Å²) in [6.07, 6.45) is 0. The number of para-hydroxylation sites is 1. The molecule has 0 spiro atoms. The zero-order valence-corrected chi connectivity index (χ0v) is 34.9. The molecular formula is C57H38F2N2S. The van der Waals surface area contributed by atoms with E-state index in [0.717, 1.165) is 50.2 Å². The van der Waals surface area contributed by atoms with E-state index in [-0.39, 0.29) is 17.0 Å². The summed E-state index contributed by atoms with van der Waals surface area (Å²) in [5, 5.41) is 4.13. The average Bonchev–Trinajstić information content (AvgIpc) is 3.91. The number of thiophene rings is 1. The number of nitrogens with zero attached hydrogens (tertiary/aromatic N) is 2. The summed E-state index contributed by atoms with van der Waals surface area (Å²) in [7, 11) is 0. The van der Waals surface area contributed by atoms with E-state index in [4.69, 9.17) is 0 Å². The molecule has 2 aromatic heterocycles. The van der Waals surface area contributed by atoms with Crippen LogP contribution in [0.1, 0.15) is 25.0 Å². The molecule has 1 aliphatic rings. The molecule has 0 bridgehead atoms. The molecule has 0 unspecified atom stereocenters. The molecular weight excluding hydrogens is 783 g/mol. The van der Waals surface area contributed by atoms with Crippen molar-refractivity contribution in [3.8, 4) is 39.1 Å². The van der Waals surface area contributed by atoms with Gasteiger partial charge in [-0.05, 0) is 130 Å². The fraction of sp³-hybridized carbons (Fsp3) is 0.0526. The first-order chi connectivity index (χ1) is 30.3. The first-order valence-electron chi connectivity index (χ1n) is 21.0. The van der Waals surface area contributed by atoms with E-state index in [1.807, 2.05) is 34.1 Å². The van der Waals surface area contributed by atoms with E-state index in [1.54, 1.807) is 12.1 Å². The number of anilines is 3. The van der Waals surface area contributed by atoms with Gasteiger partial charge < -0.3 is 9.47 Å². The summed E-state index contributed by atoms with van der Waals surface area (Å²) in [4.78, 5) is 2.35. The molecule has 0 atom stereocenters. The van der Waals surface area contributed by atoms with Crippen LogP contribution in [-0.4, -0.2) is 4.57 Å². The molecule has 9 aromatic carbocycles. The third kappa shape index (κ3) is 5.58. The Bertz CT molecular complexity index is 3580. The molecule has 2 nitrogen and oxygen atoms in total. The highest BCUT2D eigenvalue weighted by atomic mass is 32.1. The van der Waals surface area contributed by atoms with E-state index in [1.165, 1.54) is 77.8 Å². The van der Waals surface area contributed by atoms with Crippen molar-refractivity contribution in [1.82, 2.24) is 4.57 Å². The highest BCUT2D eigenvalue weighted by molar-refractivity contribution is 7.25. The standard InChI is InChI=1S/C57H38F2N2S/c1-57(2)49-14-6-3-11-44(49)47-34-41(28-30-50(47)57)60(40-26-20-36(21-27-40)43-13-9-17-55-56(43)46-12-5-8-16-54(46)62-55)39-24-18-35(19-25-39)42-10-4-7-15-51(42)61-52-31-23-37(58)32-48(52)45-29-22-38(59)33-53(45)61/h3-34H,1-2H3. The van der Waals surface area contributed by atoms with Gasteiger partial charge in [-0.3, -0.25) is 0 Å². The smallest absolute Gasteiger partial charge is 0.125 e. The minimum atomic E-state index is -0.340. The van der Waals surface area contributed by atoms with Crippen LogP contribution in [0.5, 0.6) is 0 Å². The van der Waals surface area contributed by atoms with Crippen molar-refractivity contribution in [3.05, 3.63) is 217 Å². The maximum absolute atomic E-state index is 14.9. The highest BCUT2D eigenvalue weighted by Gasteiger charge is 2.35. The molecule has 296 valence electrons. The lowest BCUT2D eigenvalue weighted by Gasteiger charge is -2.27. The van der Waals surface area contributed by atoms with E-state index in [2.05, 4.69) is 158 Å². The van der Waals surface area contributed by atoms with Crippen molar-refractivity contribution in [2.75, 3.05) is 4.90 Å². The SMILES string of the molecule is CC1(C)c2ccccc2-c2cc(N(c3ccc(-c4ccccc4-n4c5ccc(F)cc5c5ccc(F)cc54)cc3)c3ccc(-c4cccc5sc6ccccc6c45)cc3)ccc21. The molecule has 0 amide bonds. The predicted molar refractivity (Wildman–Crippen MR) is 257 cm³/mol. The van der Waals surface area contributed by atoms with Crippen molar-refractivity contribution >= 4 is 70.4 Å². The zero-order chi connectivity index (χ0) is 41.7. The summed E-state index contributed by atoms with van der Waals surface area (Å²) in [6, 6.07) is 66.3. The number of halogens is 2. The summed E-state index contributed by atoms with van der Waals surface area (Å²) >= 11 is 1.84. The zero-order valence-electron chi connectivity index (χ0n) is 34.0. The second kappa shape index (κ2) is 13.8. The maximum atomic E-state index is 14.9. The Morgan fingerprint density at radius 3 is 1.85 bits per heavy atom. The highest BCUT2D eigenvalue weighted by Crippen LogP contribution is 2.51. The van der Waals surface area contributed by atoms with Crippen LogP contribution in [0, 0.1) is 11.6 Å². The molecule has 0 N–H and O–H groups in total. The molecule has 0 aliphatic heterocycles. The molecule has 62 heavy (non-hydrogen) atoms. The van der Waals surface area contributed by atoms with E-state index >= 15 is 0 Å². The topological polar surface area (TPSA) is 8.17 Å². The Hall–Kier alpha value is -7.34. The number of fused-ring (bicyclic) bond motifs is 9. The van der Waals surface area contributed by atoms with Crippen molar-refractivity contribution in [1.29, 1.82) is 0 Å². The number of rotatable bonds is 6. The summed E-state index contributed by atoms with van der Waals surface area (Å²) < 4.78 is 34.1. The van der Waals surface area contributed by atoms with Crippen LogP contribution in [0.2, 0.25) is 0 Å². The van der Waals surface area contributed by atoms with Gasteiger partial charge in [0.25, 0.3) is 0 Å². The van der Waals surface area contributed by atoms with Gasteiger partial charge in [-0.1, -0.05) is 117 Å². The number of benzene rings is 9. The van der Waals surface area contributed by atoms with Gasteiger partial charge in [0, 0.05) is 59.0 Å².